The van der Waals surface area contributed by atoms with Gasteiger partial charge in [-0.2, -0.15) is 0 Å². The highest BCUT2D eigenvalue weighted by molar-refractivity contribution is 7.92. The summed E-state index contributed by atoms with van der Waals surface area (Å²) in [6.07, 6.45) is -2.22. The second-order valence-corrected chi connectivity index (χ2v) is 13.2. The summed E-state index contributed by atoms with van der Waals surface area (Å²) in [5.74, 6) is -1.69. The topological polar surface area (TPSA) is 191 Å². The number of carbonyl (C=O) groups is 4. The molecule has 226 valence electrons. The lowest BCUT2D eigenvalue weighted by Gasteiger charge is -2.41. The Morgan fingerprint density at radius 2 is 1.57 bits per heavy atom. The van der Waals surface area contributed by atoms with Crippen molar-refractivity contribution in [2.24, 2.45) is 10.3 Å². The van der Waals surface area contributed by atoms with Crippen molar-refractivity contribution in [2.75, 3.05) is 65.2 Å². The Kier molecular flexibility index (Phi) is 9.61. The van der Waals surface area contributed by atoms with Crippen molar-refractivity contribution in [2.45, 2.75) is 56.0 Å². The highest BCUT2D eigenvalue weighted by Crippen LogP contribution is 2.39. The first-order valence-corrected chi connectivity index (χ1v) is 15.4. The standard InChI is InChI=1S/C24H37N3O12S/c1-14-10-16(28)26(21(14)32)4-6-35-8-9-36-7-5-27-17(29)11-15(22(27)33)37-12-24-13-38-23(39-24)18(19(30)20(24)31)25-40(2,3)34/h14-15,18-20,23,30-31H,4-13H2,1-3H3/t14?,15?,18-,19+,20+,23-,24-/m0/s1. The molecule has 2 N–H and O–H groups in total. The van der Waals surface area contributed by atoms with Crippen molar-refractivity contribution in [1.82, 2.24) is 9.80 Å². The monoisotopic (exact) mass is 591 g/mol. The van der Waals surface area contributed by atoms with Crippen LogP contribution in [0.1, 0.15) is 19.8 Å². The Balaban J connectivity index is 1.16. The van der Waals surface area contributed by atoms with Gasteiger partial charge in [0.2, 0.25) is 17.7 Å². The van der Waals surface area contributed by atoms with Gasteiger partial charge in [0, 0.05) is 34.6 Å². The van der Waals surface area contributed by atoms with Gasteiger partial charge in [-0.25, -0.2) is 4.36 Å². The van der Waals surface area contributed by atoms with Gasteiger partial charge >= 0.3 is 0 Å². The molecule has 4 aliphatic heterocycles. The van der Waals surface area contributed by atoms with Crippen LogP contribution in [-0.2, 0) is 52.6 Å². The maximum absolute atomic E-state index is 12.8. The number of nitrogens with zero attached hydrogens (tertiary/aromatic N) is 3. The zero-order valence-corrected chi connectivity index (χ0v) is 23.6. The quantitative estimate of drug-likeness (QED) is 0.169. The number of aliphatic hydroxyl groups is 2. The molecule has 0 aromatic rings. The van der Waals surface area contributed by atoms with E-state index in [1.165, 1.54) is 17.4 Å². The van der Waals surface area contributed by atoms with Gasteiger partial charge in [-0.15, -0.1) is 0 Å². The van der Waals surface area contributed by atoms with Crippen molar-refractivity contribution in [3.63, 3.8) is 0 Å². The van der Waals surface area contributed by atoms with Crippen molar-refractivity contribution < 1.29 is 57.3 Å². The number of amides is 4. The van der Waals surface area contributed by atoms with Gasteiger partial charge in [0.05, 0.1) is 59.2 Å². The fourth-order valence-electron chi connectivity index (χ4n) is 5.05. The summed E-state index contributed by atoms with van der Waals surface area (Å²) < 4.78 is 44.0. The molecule has 4 heterocycles. The van der Waals surface area contributed by atoms with E-state index in [-0.39, 0.29) is 83.3 Å². The van der Waals surface area contributed by atoms with E-state index in [9.17, 15) is 33.6 Å². The zero-order chi connectivity index (χ0) is 29.2. The van der Waals surface area contributed by atoms with Crippen LogP contribution in [0, 0.1) is 5.92 Å². The molecular formula is C24H37N3O12S. The predicted octanol–water partition coefficient (Wildman–Crippen LogP) is -2.50. The number of ether oxygens (including phenoxy) is 5. The Morgan fingerprint density at radius 1 is 0.975 bits per heavy atom. The Labute approximate surface area is 232 Å². The summed E-state index contributed by atoms with van der Waals surface area (Å²) in [6, 6.07) is -1.05. The van der Waals surface area contributed by atoms with E-state index < -0.39 is 57.8 Å². The van der Waals surface area contributed by atoms with Gasteiger partial charge in [-0.3, -0.25) is 33.2 Å². The highest BCUT2D eigenvalue weighted by Gasteiger charge is 2.60. The smallest absolute Gasteiger partial charge is 0.258 e. The number of hydrogen-bond donors (Lipinski definition) is 2. The maximum atomic E-state index is 12.8. The van der Waals surface area contributed by atoms with Crippen molar-refractivity contribution >= 4 is 33.4 Å². The molecule has 4 aliphatic rings. The average molecular weight is 592 g/mol. The zero-order valence-electron chi connectivity index (χ0n) is 22.8. The molecule has 4 amide bonds. The number of hydrogen-bond acceptors (Lipinski definition) is 13. The molecule has 0 saturated carbocycles. The lowest BCUT2D eigenvalue weighted by atomic mass is 9.89. The van der Waals surface area contributed by atoms with Gasteiger partial charge in [0.1, 0.15) is 30.0 Å². The molecule has 40 heavy (non-hydrogen) atoms. The van der Waals surface area contributed by atoms with Gasteiger partial charge in [0.15, 0.2) is 6.29 Å². The van der Waals surface area contributed by atoms with Crippen LogP contribution >= 0.6 is 0 Å². The minimum atomic E-state index is -2.61. The number of aliphatic hydroxyl groups excluding tert-OH is 2. The van der Waals surface area contributed by atoms with Crippen LogP contribution in [0.2, 0.25) is 0 Å². The molecule has 0 aromatic heterocycles. The first-order chi connectivity index (χ1) is 18.8. The number of carbonyl (C=O) groups excluding carboxylic acids is 4. The average Bonchev–Trinajstić information content (AvgIpc) is 3.49. The van der Waals surface area contributed by atoms with Gasteiger partial charge < -0.3 is 33.9 Å². The molecule has 4 rings (SSSR count). The van der Waals surface area contributed by atoms with Crippen molar-refractivity contribution in [1.29, 1.82) is 0 Å². The summed E-state index contributed by atoms with van der Waals surface area (Å²) in [4.78, 5) is 51.0. The molecule has 0 aromatic carbocycles. The SMILES string of the molecule is CC1CC(=O)N(CCOCCOCCN2C(=O)CC(OC[C@@]34CO[C@@H](O3)[C@@H](N=S(C)(C)=O)[C@@H](O)[C@H]4O)C2=O)C1=O. The number of fused-ring (bicyclic) bond motifs is 2. The molecule has 0 aliphatic carbocycles. The molecule has 2 unspecified atom stereocenters. The normalized spacial score (nSPS) is 34.4. The van der Waals surface area contributed by atoms with Gasteiger partial charge in [-0.1, -0.05) is 6.92 Å². The summed E-state index contributed by atoms with van der Waals surface area (Å²) >= 11 is 0. The third-order valence-electron chi connectivity index (χ3n) is 7.20. The van der Waals surface area contributed by atoms with Gasteiger partial charge in [-0.05, 0) is 0 Å². The second kappa shape index (κ2) is 12.4. The molecule has 16 heteroatoms. The molecule has 0 radical (unpaired) electrons. The van der Waals surface area contributed by atoms with Crippen LogP contribution in [0.5, 0.6) is 0 Å². The molecule has 4 fully saturated rings. The molecule has 0 spiro atoms. The second-order valence-electron chi connectivity index (χ2n) is 10.7. The Hall–Kier alpha value is -2.05. The lowest BCUT2D eigenvalue weighted by Crippen LogP contribution is -2.62. The maximum Gasteiger partial charge on any atom is 0.258 e. The van der Waals surface area contributed by atoms with Crippen molar-refractivity contribution in [3.05, 3.63) is 0 Å². The fourth-order valence-corrected chi connectivity index (χ4v) is 5.86. The third kappa shape index (κ3) is 6.70. The third-order valence-corrected chi connectivity index (χ3v) is 7.95. The van der Waals surface area contributed by atoms with Crippen LogP contribution in [0.4, 0.5) is 0 Å². The van der Waals surface area contributed by atoms with E-state index in [0.29, 0.717) is 0 Å². The molecule has 7 atom stereocenters. The number of likely N-dealkylation sites (tertiary alicyclic amines) is 2. The molecule has 4 saturated heterocycles. The van der Waals surface area contributed by atoms with E-state index >= 15 is 0 Å². The van der Waals surface area contributed by atoms with E-state index in [4.69, 9.17) is 23.7 Å². The predicted molar refractivity (Wildman–Crippen MR) is 135 cm³/mol. The first-order valence-electron chi connectivity index (χ1n) is 13.1. The van der Waals surface area contributed by atoms with Crippen LogP contribution in [0.15, 0.2) is 4.36 Å². The summed E-state index contributed by atoms with van der Waals surface area (Å²) in [7, 11) is -2.61. The summed E-state index contributed by atoms with van der Waals surface area (Å²) in [5.41, 5.74) is -1.47. The van der Waals surface area contributed by atoms with Crippen molar-refractivity contribution in [3.8, 4) is 0 Å². The Morgan fingerprint density at radius 3 is 2.15 bits per heavy atom. The molecule has 15 nitrogen and oxygen atoms in total. The highest BCUT2D eigenvalue weighted by atomic mass is 32.2. The van der Waals surface area contributed by atoms with Crippen LogP contribution in [0.3, 0.4) is 0 Å². The van der Waals surface area contributed by atoms with Crippen LogP contribution in [0.25, 0.3) is 0 Å². The van der Waals surface area contributed by atoms with E-state index in [1.54, 1.807) is 6.92 Å². The van der Waals surface area contributed by atoms with E-state index in [2.05, 4.69) is 4.36 Å². The number of imide groups is 2. The fraction of sp³-hybridized carbons (Fsp3) is 0.833. The van der Waals surface area contributed by atoms with Crippen LogP contribution in [-0.4, -0.2) is 149 Å². The minimum absolute atomic E-state index is 0.0108. The summed E-state index contributed by atoms with van der Waals surface area (Å²) in [5, 5.41) is 21.3. The van der Waals surface area contributed by atoms with E-state index in [1.807, 2.05) is 0 Å². The lowest BCUT2D eigenvalue weighted by molar-refractivity contribution is -0.235. The number of rotatable bonds is 13. The van der Waals surface area contributed by atoms with Crippen LogP contribution < -0.4 is 0 Å². The van der Waals surface area contributed by atoms with E-state index in [0.717, 1.165) is 4.90 Å². The summed E-state index contributed by atoms with van der Waals surface area (Å²) in [6.45, 7) is 2.10. The Bertz CT molecular complexity index is 1120. The minimum Gasteiger partial charge on any atom is -0.388 e. The molecular weight excluding hydrogens is 554 g/mol. The molecule has 2 bridgehead atoms. The first kappa shape index (κ1) is 30.9. The largest absolute Gasteiger partial charge is 0.388 e. The van der Waals surface area contributed by atoms with Gasteiger partial charge in [0.25, 0.3) is 5.91 Å².